The topological polar surface area (TPSA) is 21.3 Å². The van der Waals surface area contributed by atoms with E-state index in [9.17, 15) is 0 Å². The Morgan fingerprint density at radius 1 is 1.55 bits per heavy atom. The molecule has 0 bridgehead atoms. The highest BCUT2D eigenvalue weighted by Crippen LogP contribution is 2.32. The van der Waals surface area contributed by atoms with Gasteiger partial charge >= 0.3 is 0 Å². The molecule has 0 heterocycles. The van der Waals surface area contributed by atoms with Crippen LogP contribution in [0.5, 0.6) is 0 Å². The van der Waals surface area contributed by atoms with Crippen molar-refractivity contribution in [2.24, 2.45) is 5.92 Å². The highest BCUT2D eigenvalue weighted by atomic mass is 16.5. The van der Waals surface area contributed by atoms with E-state index in [0.29, 0.717) is 6.04 Å². The molecule has 1 atom stereocenters. The summed E-state index contributed by atoms with van der Waals surface area (Å²) in [5, 5.41) is 3.51. The van der Waals surface area contributed by atoms with E-state index in [1.165, 1.54) is 19.3 Å². The van der Waals surface area contributed by atoms with E-state index in [0.717, 1.165) is 19.1 Å². The minimum Gasteiger partial charge on any atom is -0.383 e. The molecule has 0 spiro atoms. The van der Waals surface area contributed by atoms with Gasteiger partial charge in [-0.15, -0.1) is 0 Å². The molecule has 2 heteroatoms. The summed E-state index contributed by atoms with van der Waals surface area (Å²) in [4.78, 5) is 0. The standard InChI is InChI=1S/C9H19NO/c1-3-6-10-9(7-11-2)8-4-5-8/h8-10H,3-7H2,1-2H3. The lowest BCUT2D eigenvalue weighted by Gasteiger charge is -2.16. The Morgan fingerprint density at radius 3 is 2.73 bits per heavy atom. The summed E-state index contributed by atoms with van der Waals surface area (Å²) in [6.07, 6.45) is 4.00. The number of nitrogens with one attached hydrogen (secondary N) is 1. The molecular formula is C9H19NO. The summed E-state index contributed by atoms with van der Waals surface area (Å²) in [6, 6.07) is 0.625. The van der Waals surface area contributed by atoms with Gasteiger partial charge in [0.2, 0.25) is 0 Å². The van der Waals surface area contributed by atoms with Gasteiger partial charge in [0.25, 0.3) is 0 Å². The van der Waals surface area contributed by atoms with Crippen LogP contribution in [0.25, 0.3) is 0 Å². The Balaban J connectivity index is 2.10. The summed E-state index contributed by atoms with van der Waals surface area (Å²) in [6.45, 7) is 4.21. The largest absolute Gasteiger partial charge is 0.383 e. The minimum atomic E-state index is 0.625. The van der Waals surface area contributed by atoms with Crippen LogP contribution in [0.4, 0.5) is 0 Å². The van der Waals surface area contributed by atoms with Crippen molar-refractivity contribution in [2.75, 3.05) is 20.3 Å². The molecule has 1 unspecified atom stereocenters. The highest BCUT2D eigenvalue weighted by Gasteiger charge is 2.30. The Morgan fingerprint density at radius 2 is 2.27 bits per heavy atom. The van der Waals surface area contributed by atoms with Gasteiger partial charge in [-0.3, -0.25) is 0 Å². The fraction of sp³-hybridized carbons (Fsp3) is 1.00. The van der Waals surface area contributed by atoms with Gasteiger partial charge < -0.3 is 10.1 Å². The van der Waals surface area contributed by atoms with Gasteiger partial charge in [-0.25, -0.2) is 0 Å². The van der Waals surface area contributed by atoms with E-state index in [-0.39, 0.29) is 0 Å². The molecule has 0 aromatic carbocycles. The molecule has 1 rings (SSSR count). The zero-order valence-corrected chi connectivity index (χ0v) is 7.60. The first kappa shape index (κ1) is 9.01. The molecule has 0 saturated heterocycles. The smallest absolute Gasteiger partial charge is 0.0618 e. The van der Waals surface area contributed by atoms with Gasteiger partial charge in [0.1, 0.15) is 0 Å². The second-order valence-corrected chi connectivity index (χ2v) is 3.35. The molecule has 0 radical (unpaired) electrons. The van der Waals surface area contributed by atoms with Crippen molar-refractivity contribution < 1.29 is 4.74 Å². The van der Waals surface area contributed by atoms with Crippen molar-refractivity contribution in [1.82, 2.24) is 5.32 Å². The lowest BCUT2D eigenvalue weighted by atomic mass is 10.2. The van der Waals surface area contributed by atoms with Crippen LogP contribution in [-0.2, 0) is 4.74 Å². The molecule has 11 heavy (non-hydrogen) atoms. The van der Waals surface area contributed by atoms with Crippen LogP contribution in [-0.4, -0.2) is 26.3 Å². The van der Waals surface area contributed by atoms with E-state index in [4.69, 9.17) is 4.74 Å². The quantitative estimate of drug-likeness (QED) is 0.629. The third kappa shape index (κ3) is 3.21. The van der Waals surface area contributed by atoms with Crippen LogP contribution < -0.4 is 5.32 Å². The number of ether oxygens (including phenoxy) is 1. The molecule has 0 aliphatic heterocycles. The Hall–Kier alpha value is -0.0800. The van der Waals surface area contributed by atoms with Gasteiger partial charge in [-0.2, -0.15) is 0 Å². The number of methoxy groups -OCH3 is 1. The normalized spacial score (nSPS) is 20.2. The summed E-state index contributed by atoms with van der Waals surface area (Å²) >= 11 is 0. The maximum absolute atomic E-state index is 5.14. The summed E-state index contributed by atoms with van der Waals surface area (Å²) in [5.74, 6) is 0.904. The van der Waals surface area contributed by atoms with Crippen LogP contribution in [0.3, 0.4) is 0 Å². The van der Waals surface area contributed by atoms with E-state index in [1.54, 1.807) is 7.11 Å². The zero-order chi connectivity index (χ0) is 8.10. The van der Waals surface area contributed by atoms with Crippen LogP contribution in [0.1, 0.15) is 26.2 Å². The fourth-order valence-electron chi connectivity index (χ4n) is 1.37. The highest BCUT2D eigenvalue weighted by molar-refractivity contribution is 4.85. The Bertz CT molecular complexity index is 102. The van der Waals surface area contributed by atoms with E-state index in [1.807, 2.05) is 0 Å². The van der Waals surface area contributed by atoms with Gasteiger partial charge in [-0.05, 0) is 31.7 Å². The van der Waals surface area contributed by atoms with Gasteiger partial charge in [0.15, 0.2) is 0 Å². The van der Waals surface area contributed by atoms with Gasteiger partial charge in [0.05, 0.1) is 6.61 Å². The SMILES string of the molecule is CCCNC(COC)C1CC1. The molecule has 0 aromatic rings. The molecule has 1 N–H and O–H groups in total. The average Bonchev–Trinajstić information content (AvgIpc) is 2.80. The third-order valence-corrected chi connectivity index (χ3v) is 2.19. The number of hydrogen-bond acceptors (Lipinski definition) is 2. The van der Waals surface area contributed by atoms with Crippen LogP contribution in [0.2, 0.25) is 0 Å². The monoisotopic (exact) mass is 157 g/mol. The summed E-state index contributed by atoms with van der Waals surface area (Å²) in [5.41, 5.74) is 0. The Kier molecular flexibility index (Phi) is 3.87. The van der Waals surface area contributed by atoms with E-state index in [2.05, 4.69) is 12.2 Å². The predicted molar refractivity (Wildman–Crippen MR) is 46.7 cm³/mol. The number of rotatable bonds is 6. The molecule has 1 aliphatic carbocycles. The lowest BCUT2D eigenvalue weighted by Crippen LogP contribution is -2.35. The fourth-order valence-corrected chi connectivity index (χ4v) is 1.37. The maximum Gasteiger partial charge on any atom is 0.0618 e. The van der Waals surface area contributed by atoms with E-state index < -0.39 is 0 Å². The van der Waals surface area contributed by atoms with Gasteiger partial charge in [-0.1, -0.05) is 6.92 Å². The van der Waals surface area contributed by atoms with Crippen molar-refractivity contribution in [1.29, 1.82) is 0 Å². The molecule has 1 aliphatic rings. The molecule has 66 valence electrons. The average molecular weight is 157 g/mol. The zero-order valence-electron chi connectivity index (χ0n) is 7.60. The maximum atomic E-state index is 5.14. The molecule has 0 aromatic heterocycles. The molecule has 1 fully saturated rings. The lowest BCUT2D eigenvalue weighted by molar-refractivity contribution is 0.158. The van der Waals surface area contributed by atoms with Crippen molar-refractivity contribution in [2.45, 2.75) is 32.2 Å². The first-order chi connectivity index (χ1) is 5.38. The Labute approximate surface area is 69.3 Å². The first-order valence-electron chi connectivity index (χ1n) is 4.60. The molecule has 1 saturated carbocycles. The predicted octanol–water partition coefficient (Wildman–Crippen LogP) is 1.41. The second kappa shape index (κ2) is 4.73. The first-order valence-corrected chi connectivity index (χ1v) is 4.60. The van der Waals surface area contributed by atoms with Crippen LogP contribution in [0.15, 0.2) is 0 Å². The van der Waals surface area contributed by atoms with Gasteiger partial charge in [0, 0.05) is 13.2 Å². The number of hydrogen-bond donors (Lipinski definition) is 1. The molecule has 2 nitrogen and oxygen atoms in total. The summed E-state index contributed by atoms with van der Waals surface area (Å²) in [7, 11) is 1.78. The third-order valence-electron chi connectivity index (χ3n) is 2.19. The molecular weight excluding hydrogens is 138 g/mol. The minimum absolute atomic E-state index is 0.625. The van der Waals surface area contributed by atoms with Crippen LogP contribution >= 0.6 is 0 Å². The van der Waals surface area contributed by atoms with Crippen LogP contribution in [0, 0.1) is 5.92 Å². The van der Waals surface area contributed by atoms with Crippen molar-refractivity contribution in [3.8, 4) is 0 Å². The van der Waals surface area contributed by atoms with E-state index >= 15 is 0 Å². The summed E-state index contributed by atoms with van der Waals surface area (Å²) < 4.78 is 5.14. The van der Waals surface area contributed by atoms with Crippen molar-refractivity contribution >= 4 is 0 Å². The van der Waals surface area contributed by atoms with Crippen molar-refractivity contribution in [3.63, 3.8) is 0 Å². The molecule has 0 amide bonds. The second-order valence-electron chi connectivity index (χ2n) is 3.35. The van der Waals surface area contributed by atoms with Crippen molar-refractivity contribution in [3.05, 3.63) is 0 Å².